The van der Waals surface area contributed by atoms with Crippen LogP contribution in [0.5, 0.6) is 0 Å². The molecule has 0 bridgehead atoms. The van der Waals surface area contributed by atoms with Crippen LogP contribution in [0.25, 0.3) is 0 Å². The minimum Gasteiger partial charge on any atom is -1.00 e. The molecule has 11 nitrogen and oxygen atoms in total. The van der Waals surface area contributed by atoms with Gasteiger partial charge in [-0.05, 0) is 62.1 Å². The van der Waals surface area contributed by atoms with Gasteiger partial charge in [-0.1, -0.05) is 76.2 Å². The Morgan fingerprint density at radius 3 is 1.81 bits per heavy atom. The van der Waals surface area contributed by atoms with Crippen LogP contribution >= 0.6 is 28.9 Å². The first-order valence-electron chi connectivity index (χ1n) is 16.7. The van der Waals surface area contributed by atoms with Crippen molar-refractivity contribution in [3.63, 3.8) is 0 Å². The Labute approximate surface area is 325 Å². The lowest BCUT2D eigenvalue weighted by Gasteiger charge is -2.27. The molecule has 2 atom stereocenters. The van der Waals surface area contributed by atoms with Gasteiger partial charge >= 0.3 is 11.9 Å². The molecule has 0 spiro atoms. The molecular weight excluding hydrogens is 787 g/mol. The van der Waals surface area contributed by atoms with Crippen LogP contribution < -0.4 is 54.6 Å². The van der Waals surface area contributed by atoms with Crippen molar-refractivity contribution in [3.8, 4) is 0 Å². The van der Waals surface area contributed by atoms with Gasteiger partial charge in [-0.25, -0.2) is 0 Å². The number of nitrogens with two attached hydrogens (primary N) is 1. The Balaban J connectivity index is 0.00000936. The highest BCUT2D eigenvalue weighted by Crippen LogP contribution is 2.55. The standard InChI is InChI=1S/C37H47N4O7PS2.BrH/c1-47-35(44)25-40-36(45)32(41-33(42)22-21-31(38)37(46)48-2)26-50-51-27-34(43)39-23-13-6-14-24-49(28-15-7-3-8-16-28,29-17-9-4-10-18-29)30-19-11-5-12-20-30;/h3-5,7-12,15-20,31-32H,6,13-14,21-27,38H2,1-2H3,(H2-,39,40,41,42,43,45);1H. The largest absolute Gasteiger partial charge is 1.00 e. The highest BCUT2D eigenvalue weighted by molar-refractivity contribution is 8.76. The van der Waals surface area contributed by atoms with Crippen molar-refractivity contribution >= 4 is 74.4 Å². The summed E-state index contributed by atoms with van der Waals surface area (Å²) in [4.78, 5) is 60.8. The number of carbonyl (C=O) groups excluding carboxylic acids is 5. The van der Waals surface area contributed by atoms with Crippen molar-refractivity contribution in [3.05, 3.63) is 91.0 Å². The summed E-state index contributed by atoms with van der Waals surface area (Å²) in [6.45, 7) is 0.197. The second-order valence-corrected chi connectivity index (χ2v) is 17.7. The number of methoxy groups -OCH3 is 2. The minimum absolute atomic E-state index is 0. The summed E-state index contributed by atoms with van der Waals surface area (Å²) in [5.74, 6) is -2.19. The van der Waals surface area contributed by atoms with Crippen LogP contribution in [0.3, 0.4) is 0 Å². The molecule has 0 fully saturated rings. The van der Waals surface area contributed by atoms with E-state index in [1.54, 1.807) is 0 Å². The number of halogens is 1. The lowest BCUT2D eigenvalue weighted by Crippen LogP contribution is -3.00. The molecule has 3 aromatic carbocycles. The maximum absolute atomic E-state index is 12.7. The van der Waals surface area contributed by atoms with Crippen molar-refractivity contribution in [1.82, 2.24) is 16.0 Å². The Hall–Kier alpha value is -3.42. The quantitative estimate of drug-likeness (QED) is 0.0458. The van der Waals surface area contributed by atoms with Gasteiger partial charge < -0.3 is 48.1 Å². The normalized spacial score (nSPS) is 12.0. The Kier molecular flexibility index (Phi) is 21.3. The first-order valence-corrected chi connectivity index (χ1v) is 21.2. The molecule has 0 saturated carbocycles. The molecular formula is C37H48BrN4O7PS2. The van der Waals surface area contributed by atoms with E-state index in [0.717, 1.165) is 25.4 Å². The van der Waals surface area contributed by atoms with Crippen LogP contribution in [0.1, 0.15) is 32.1 Å². The lowest BCUT2D eigenvalue weighted by atomic mass is 10.1. The van der Waals surface area contributed by atoms with Crippen LogP contribution in [-0.2, 0) is 33.4 Å². The molecule has 3 amide bonds. The van der Waals surface area contributed by atoms with Crippen molar-refractivity contribution in [1.29, 1.82) is 0 Å². The van der Waals surface area contributed by atoms with E-state index in [2.05, 4.69) is 116 Å². The van der Waals surface area contributed by atoms with Gasteiger partial charge in [0.15, 0.2) is 0 Å². The average molecular weight is 836 g/mol. The summed E-state index contributed by atoms with van der Waals surface area (Å²) in [5, 5.41) is 12.1. The lowest BCUT2D eigenvalue weighted by molar-refractivity contribution is -0.142. The SMILES string of the molecule is COC(=O)CNC(=O)C(CSSCC(=O)NCCCCC[P+](c1ccccc1)(c1ccccc1)c1ccccc1)NC(=O)CCC(N)C(=O)OC.[Br-]. The van der Waals surface area contributed by atoms with Gasteiger partial charge in [-0.2, -0.15) is 0 Å². The van der Waals surface area contributed by atoms with Crippen LogP contribution in [0, 0.1) is 0 Å². The molecule has 3 aromatic rings. The van der Waals surface area contributed by atoms with Crippen molar-refractivity contribution in [2.75, 3.05) is 45.0 Å². The second kappa shape index (κ2) is 24.8. The summed E-state index contributed by atoms with van der Waals surface area (Å²) in [6.07, 6.45) is 3.76. The minimum atomic E-state index is -1.88. The zero-order chi connectivity index (χ0) is 36.9. The number of hydrogen-bond donors (Lipinski definition) is 4. The maximum Gasteiger partial charge on any atom is 0.325 e. The zero-order valence-corrected chi connectivity index (χ0v) is 33.6. The van der Waals surface area contributed by atoms with Crippen LogP contribution in [0.4, 0.5) is 0 Å². The van der Waals surface area contributed by atoms with E-state index in [1.165, 1.54) is 51.7 Å². The topological polar surface area (TPSA) is 166 Å². The molecule has 0 aliphatic carbocycles. The van der Waals surface area contributed by atoms with Crippen LogP contribution in [0.15, 0.2) is 91.0 Å². The number of hydrogen-bond acceptors (Lipinski definition) is 10. The van der Waals surface area contributed by atoms with Crippen molar-refractivity contribution in [2.24, 2.45) is 5.73 Å². The number of nitrogens with one attached hydrogen (secondary N) is 3. The maximum atomic E-state index is 12.7. The highest BCUT2D eigenvalue weighted by Gasteiger charge is 2.44. The number of carbonyl (C=O) groups is 5. The molecule has 0 aromatic heterocycles. The van der Waals surface area contributed by atoms with E-state index in [4.69, 9.17) is 5.73 Å². The summed E-state index contributed by atoms with van der Waals surface area (Å²) in [7, 11) is 3.02. The van der Waals surface area contributed by atoms with E-state index in [1.807, 2.05) is 0 Å². The first-order chi connectivity index (χ1) is 24.7. The van der Waals surface area contributed by atoms with Gasteiger partial charge in [0.2, 0.25) is 17.7 Å². The molecule has 5 N–H and O–H groups in total. The molecule has 2 unspecified atom stereocenters. The summed E-state index contributed by atoms with van der Waals surface area (Å²) in [5.41, 5.74) is 5.70. The van der Waals surface area contributed by atoms with Gasteiger partial charge in [0.25, 0.3) is 0 Å². The Morgan fingerprint density at radius 2 is 1.29 bits per heavy atom. The van der Waals surface area contributed by atoms with Crippen LogP contribution in [-0.4, -0.2) is 86.7 Å². The summed E-state index contributed by atoms with van der Waals surface area (Å²) in [6, 6.07) is 30.4. The van der Waals surface area contributed by atoms with Gasteiger partial charge in [0, 0.05) is 18.7 Å². The van der Waals surface area contributed by atoms with Crippen molar-refractivity contribution in [2.45, 2.75) is 44.2 Å². The molecule has 0 aliphatic rings. The molecule has 0 aliphatic heterocycles. The highest BCUT2D eigenvalue weighted by atomic mass is 79.9. The van der Waals surface area contributed by atoms with Crippen molar-refractivity contribution < 1.29 is 50.4 Å². The molecule has 0 saturated heterocycles. The number of ether oxygens (including phenoxy) is 2. The van der Waals surface area contributed by atoms with Crippen LogP contribution in [0.2, 0.25) is 0 Å². The smallest absolute Gasteiger partial charge is 0.325 e. The predicted molar refractivity (Wildman–Crippen MR) is 208 cm³/mol. The number of esters is 2. The van der Waals surface area contributed by atoms with Gasteiger partial charge in [-0.15, -0.1) is 0 Å². The third-order valence-corrected chi connectivity index (χ3v) is 14.9. The number of rotatable bonds is 22. The number of benzene rings is 3. The molecule has 52 heavy (non-hydrogen) atoms. The molecule has 0 heterocycles. The molecule has 282 valence electrons. The molecule has 0 radical (unpaired) electrons. The van der Waals surface area contributed by atoms with E-state index < -0.39 is 43.1 Å². The number of amides is 3. The van der Waals surface area contributed by atoms with E-state index in [-0.39, 0.29) is 53.8 Å². The number of unbranched alkanes of at least 4 members (excludes halogenated alkanes) is 2. The first kappa shape index (κ1) is 44.7. The fourth-order valence-electron chi connectivity index (χ4n) is 5.38. The molecule has 3 rings (SSSR count). The fourth-order valence-corrected chi connectivity index (χ4v) is 11.8. The second-order valence-electron chi connectivity index (χ2n) is 11.6. The van der Waals surface area contributed by atoms with E-state index in [9.17, 15) is 24.0 Å². The monoisotopic (exact) mass is 834 g/mol. The summed E-state index contributed by atoms with van der Waals surface area (Å²) < 4.78 is 9.13. The molecule has 15 heteroatoms. The van der Waals surface area contributed by atoms with Gasteiger partial charge in [0.05, 0.1) is 26.1 Å². The zero-order valence-electron chi connectivity index (χ0n) is 29.5. The van der Waals surface area contributed by atoms with Gasteiger partial charge in [-0.3, -0.25) is 24.0 Å². The fraction of sp³-hybridized carbons (Fsp3) is 0.378. The Bertz CT molecular complexity index is 1450. The van der Waals surface area contributed by atoms with E-state index >= 15 is 0 Å². The van der Waals surface area contributed by atoms with E-state index in [0.29, 0.717) is 6.54 Å². The van der Waals surface area contributed by atoms with Gasteiger partial charge in [0.1, 0.15) is 41.8 Å². The third kappa shape index (κ3) is 14.5. The third-order valence-electron chi connectivity index (χ3n) is 8.06. The Morgan fingerprint density at radius 1 is 0.731 bits per heavy atom. The predicted octanol–water partition coefficient (Wildman–Crippen LogP) is -0.293. The average Bonchev–Trinajstić information content (AvgIpc) is 3.17. The summed E-state index contributed by atoms with van der Waals surface area (Å²) >= 11 is 0.